The lowest BCUT2D eigenvalue weighted by Crippen LogP contribution is -2.40. The van der Waals surface area contributed by atoms with Crippen molar-refractivity contribution in [2.45, 2.75) is 26.7 Å². The zero-order chi connectivity index (χ0) is 13.1. The molecule has 0 bridgehead atoms. The quantitative estimate of drug-likeness (QED) is 0.854. The molecule has 6 heteroatoms. The summed E-state index contributed by atoms with van der Waals surface area (Å²) in [7, 11) is 0. The molecule has 100 valence electrons. The Labute approximate surface area is 112 Å². The Balaban J connectivity index is 2.19. The van der Waals surface area contributed by atoms with E-state index in [0.717, 1.165) is 43.5 Å². The van der Waals surface area contributed by atoms with E-state index >= 15 is 0 Å². The summed E-state index contributed by atoms with van der Waals surface area (Å²) in [5.74, 6) is 1.82. The Kier molecular flexibility index (Phi) is 4.37. The molecule has 1 aliphatic heterocycles. The van der Waals surface area contributed by atoms with Gasteiger partial charge in [-0.1, -0.05) is 25.4 Å². The fourth-order valence-electron chi connectivity index (χ4n) is 1.70. The number of nitrogens with one attached hydrogen (secondary N) is 1. The summed E-state index contributed by atoms with van der Waals surface area (Å²) >= 11 is 6.15. The lowest BCUT2D eigenvalue weighted by molar-refractivity contribution is 0.0494. The molecular formula is C12H19ClN4O. The van der Waals surface area contributed by atoms with Crippen LogP contribution in [-0.2, 0) is 4.74 Å². The molecule has 18 heavy (non-hydrogen) atoms. The molecule has 1 fully saturated rings. The van der Waals surface area contributed by atoms with Crippen molar-refractivity contribution in [2.24, 2.45) is 0 Å². The van der Waals surface area contributed by atoms with Gasteiger partial charge in [0.25, 0.3) is 0 Å². The number of halogens is 1. The third-order valence-corrected chi connectivity index (χ3v) is 3.26. The maximum absolute atomic E-state index is 6.15. The van der Waals surface area contributed by atoms with Gasteiger partial charge >= 0.3 is 0 Å². The topological polar surface area (TPSA) is 50.3 Å². The predicted molar refractivity (Wildman–Crippen MR) is 71.9 cm³/mol. The van der Waals surface area contributed by atoms with Crippen molar-refractivity contribution in [1.82, 2.24) is 15.0 Å². The summed E-state index contributed by atoms with van der Waals surface area (Å²) in [5, 5.41) is 2.61. The number of hydrogen-bond donors (Lipinski definition) is 1. The third kappa shape index (κ3) is 3.10. The summed E-state index contributed by atoms with van der Waals surface area (Å²) < 4.78 is 5.31. The number of aromatic nitrogens is 2. The predicted octanol–water partition coefficient (Wildman–Crippen LogP) is 2.22. The summed E-state index contributed by atoms with van der Waals surface area (Å²) in [6.07, 6.45) is 0. The maximum Gasteiger partial charge on any atom is 0.148 e. The Hall–Kier alpha value is -0.910. The Bertz CT molecular complexity index is 419. The number of morpholine rings is 1. The molecule has 0 amide bonds. The molecule has 2 rings (SSSR count). The molecule has 0 atom stereocenters. The van der Waals surface area contributed by atoms with E-state index in [-0.39, 0.29) is 5.92 Å². The fraction of sp³-hybridized carbons (Fsp3) is 0.667. The van der Waals surface area contributed by atoms with Crippen molar-refractivity contribution in [1.29, 1.82) is 0 Å². The number of ether oxygens (including phenoxy) is 1. The van der Waals surface area contributed by atoms with E-state index in [1.165, 1.54) is 0 Å². The molecule has 1 aliphatic rings. The van der Waals surface area contributed by atoms with E-state index < -0.39 is 0 Å². The molecule has 1 N–H and O–H groups in total. The average molecular weight is 271 g/mol. The van der Waals surface area contributed by atoms with Gasteiger partial charge < -0.3 is 10.2 Å². The first kappa shape index (κ1) is 13.5. The molecule has 0 aliphatic carbocycles. The van der Waals surface area contributed by atoms with Gasteiger partial charge in [0.05, 0.1) is 13.2 Å². The van der Waals surface area contributed by atoms with Crippen molar-refractivity contribution < 1.29 is 4.74 Å². The number of rotatable bonds is 3. The fourth-order valence-corrected chi connectivity index (χ4v) is 1.87. The third-order valence-electron chi connectivity index (χ3n) is 2.90. The first-order valence-electron chi connectivity index (χ1n) is 6.21. The van der Waals surface area contributed by atoms with Gasteiger partial charge in [0.15, 0.2) is 0 Å². The Morgan fingerprint density at radius 2 is 1.94 bits per heavy atom. The minimum atomic E-state index is 0.258. The standard InChI is InChI=1S/C12H19ClN4O/c1-8(2)11-14-10(13)9(3)12(15-11)16-17-4-6-18-7-5-17/h8H,4-7H2,1-3H3,(H,14,15,16). The Morgan fingerprint density at radius 1 is 1.28 bits per heavy atom. The number of hydrogen-bond acceptors (Lipinski definition) is 5. The van der Waals surface area contributed by atoms with E-state index in [1.54, 1.807) is 0 Å². The molecular weight excluding hydrogens is 252 g/mol. The zero-order valence-electron chi connectivity index (χ0n) is 11.0. The molecule has 0 unspecified atom stereocenters. The highest BCUT2D eigenvalue weighted by molar-refractivity contribution is 6.30. The van der Waals surface area contributed by atoms with Crippen LogP contribution in [0.5, 0.6) is 0 Å². The van der Waals surface area contributed by atoms with E-state index in [2.05, 4.69) is 34.3 Å². The summed E-state index contributed by atoms with van der Waals surface area (Å²) in [6.45, 7) is 9.20. The normalized spacial score (nSPS) is 17.2. The summed E-state index contributed by atoms with van der Waals surface area (Å²) in [6, 6.07) is 0. The van der Waals surface area contributed by atoms with Crippen LogP contribution in [0.4, 0.5) is 5.82 Å². The molecule has 0 saturated carbocycles. The second kappa shape index (κ2) is 5.82. The van der Waals surface area contributed by atoms with Crippen molar-refractivity contribution >= 4 is 17.4 Å². The van der Waals surface area contributed by atoms with Gasteiger partial charge in [0.2, 0.25) is 0 Å². The monoisotopic (exact) mass is 270 g/mol. The van der Waals surface area contributed by atoms with Crippen molar-refractivity contribution in [3.05, 3.63) is 16.5 Å². The van der Waals surface area contributed by atoms with E-state index in [9.17, 15) is 0 Å². The van der Waals surface area contributed by atoms with Crippen LogP contribution in [0.2, 0.25) is 5.15 Å². The molecule has 0 spiro atoms. The van der Waals surface area contributed by atoms with E-state index in [0.29, 0.717) is 5.15 Å². The Morgan fingerprint density at radius 3 is 2.56 bits per heavy atom. The van der Waals surface area contributed by atoms with E-state index in [4.69, 9.17) is 16.3 Å². The van der Waals surface area contributed by atoms with Gasteiger partial charge in [-0.25, -0.2) is 15.0 Å². The second-order valence-corrected chi connectivity index (χ2v) is 5.07. The number of nitrogens with zero attached hydrogens (tertiary/aromatic N) is 3. The minimum absolute atomic E-state index is 0.258. The number of anilines is 1. The molecule has 1 aromatic heterocycles. The van der Waals surface area contributed by atoms with Gasteiger partial charge in [-0.05, 0) is 6.92 Å². The van der Waals surface area contributed by atoms with Crippen molar-refractivity contribution in [2.75, 3.05) is 31.7 Å². The molecule has 2 heterocycles. The summed E-state index contributed by atoms with van der Waals surface area (Å²) in [5.41, 5.74) is 4.19. The largest absolute Gasteiger partial charge is 0.379 e. The highest BCUT2D eigenvalue weighted by Gasteiger charge is 2.15. The van der Waals surface area contributed by atoms with Gasteiger partial charge in [0.1, 0.15) is 16.8 Å². The summed E-state index contributed by atoms with van der Waals surface area (Å²) in [4.78, 5) is 8.83. The maximum atomic E-state index is 6.15. The van der Waals surface area contributed by atoms with Crippen molar-refractivity contribution in [3.63, 3.8) is 0 Å². The highest BCUT2D eigenvalue weighted by Crippen LogP contribution is 2.23. The van der Waals surface area contributed by atoms with Crippen LogP contribution in [-0.4, -0.2) is 41.3 Å². The molecule has 1 aromatic rings. The van der Waals surface area contributed by atoms with Crippen molar-refractivity contribution in [3.8, 4) is 0 Å². The average Bonchev–Trinajstić information content (AvgIpc) is 2.35. The van der Waals surface area contributed by atoms with Crippen LogP contribution < -0.4 is 5.43 Å². The molecule has 5 nitrogen and oxygen atoms in total. The smallest absolute Gasteiger partial charge is 0.148 e. The van der Waals surface area contributed by atoms with E-state index in [1.807, 2.05) is 6.92 Å². The van der Waals surface area contributed by atoms with Crippen LogP contribution in [0.1, 0.15) is 31.2 Å². The van der Waals surface area contributed by atoms with Crippen LogP contribution in [0.25, 0.3) is 0 Å². The van der Waals surface area contributed by atoms with Gasteiger partial charge in [-0.15, -0.1) is 0 Å². The first-order valence-corrected chi connectivity index (χ1v) is 6.59. The highest BCUT2D eigenvalue weighted by atomic mass is 35.5. The molecule has 1 saturated heterocycles. The SMILES string of the molecule is Cc1c(Cl)nc(C(C)C)nc1NN1CCOCC1. The van der Waals surface area contributed by atoms with Crippen LogP contribution in [0.15, 0.2) is 0 Å². The number of hydrazine groups is 1. The second-order valence-electron chi connectivity index (χ2n) is 4.71. The lowest BCUT2D eigenvalue weighted by Gasteiger charge is -2.28. The minimum Gasteiger partial charge on any atom is -0.379 e. The van der Waals surface area contributed by atoms with Crippen LogP contribution in [0, 0.1) is 6.92 Å². The van der Waals surface area contributed by atoms with Gasteiger partial charge in [-0.3, -0.25) is 0 Å². The first-order chi connectivity index (χ1) is 8.58. The van der Waals surface area contributed by atoms with Gasteiger partial charge in [0, 0.05) is 24.6 Å². The van der Waals surface area contributed by atoms with Gasteiger partial charge in [-0.2, -0.15) is 0 Å². The lowest BCUT2D eigenvalue weighted by atomic mass is 10.2. The van der Waals surface area contributed by atoms with Crippen LogP contribution in [0.3, 0.4) is 0 Å². The molecule has 0 aromatic carbocycles. The molecule has 0 radical (unpaired) electrons. The van der Waals surface area contributed by atoms with Crippen LogP contribution >= 0.6 is 11.6 Å². The zero-order valence-corrected chi connectivity index (χ0v) is 11.8.